The maximum Gasteiger partial charge on any atom is 0.337 e. The Morgan fingerprint density at radius 3 is 2.68 bits per heavy atom. The van der Waals surface area contributed by atoms with E-state index in [4.69, 9.17) is 26.8 Å². The number of hydrogen-bond acceptors (Lipinski definition) is 7. The molecule has 0 atom stereocenters. The molecule has 0 saturated heterocycles. The highest BCUT2D eigenvalue weighted by atomic mass is 35.5. The van der Waals surface area contributed by atoms with Gasteiger partial charge in [-0.05, 0) is 24.3 Å². The zero-order chi connectivity index (χ0) is 20.6. The second-order valence-electron chi connectivity index (χ2n) is 6.11. The number of carbonyl (C=O) groups excluding carboxylic acids is 2. The van der Waals surface area contributed by atoms with E-state index < -0.39 is 35.2 Å². The van der Waals surface area contributed by atoms with E-state index in [1.165, 1.54) is 14.1 Å². The molecule has 2 aromatic rings. The summed E-state index contributed by atoms with van der Waals surface area (Å²) in [6.45, 7) is -0.748. The van der Waals surface area contributed by atoms with Gasteiger partial charge in [-0.15, -0.1) is 0 Å². The zero-order valence-electron chi connectivity index (χ0n) is 15.0. The fourth-order valence-corrected chi connectivity index (χ4v) is 2.86. The summed E-state index contributed by atoms with van der Waals surface area (Å²) < 4.78 is 12.2. The van der Waals surface area contributed by atoms with Crippen LogP contribution in [0.15, 0.2) is 33.4 Å². The summed E-state index contributed by atoms with van der Waals surface area (Å²) in [6, 6.07) is 4.97. The topological polar surface area (TPSA) is 123 Å². The lowest BCUT2D eigenvalue weighted by molar-refractivity contribution is -0.138. The average molecular weight is 406 g/mol. The summed E-state index contributed by atoms with van der Waals surface area (Å²) >= 11 is 5.93. The predicted octanol–water partition coefficient (Wildman–Crippen LogP) is 0.521. The molecule has 10 heteroatoms. The summed E-state index contributed by atoms with van der Waals surface area (Å²) in [5.41, 5.74) is 4.57. The van der Waals surface area contributed by atoms with Crippen LogP contribution in [-0.4, -0.2) is 34.1 Å². The highest BCUT2D eigenvalue weighted by Gasteiger charge is 2.23. The molecule has 1 aliphatic rings. The van der Waals surface area contributed by atoms with Crippen molar-refractivity contribution < 1.29 is 19.1 Å². The van der Waals surface area contributed by atoms with E-state index >= 15 is 0 Å². The van der Waals surface area contributed by atoms with Crippen molar-refractivity contribution in [3.8, 4) is 5.75 Å². The monoisotopic (exact) mass is 405 g/mol. The zero-order valence-corrected chi connectivity index (χ0v) is 15.8. The van der Waals surface area contributed by atoms with E-state index in [2.05, 4.69) is 0 Å². The molecule has 3 rings (SSSR count). The second-order valence-corrected chi connectivity index (χ2v) is 6.54. The molecule has 0 spiro atoms. The number of nitrogen functional groups attached to an aromatic ring is 1. The lowest BCUT2D eigenvalue weighted by atomic mass is 10.1. The van der Waals surface area contributed by atoms with E-state index in [1.54, 1.807) is 24.3 Å². The van der Waals surface area contributed by atoms with E-state index in [-0.39, 0.29) is 18.0 Å². The Hall–Kier alpha value is -3.33. The van der Waals surface area contributed by atoms with Gasteiger partial charge < -0.3 is 15.2 Å². The summed E-state index contributed by atoms with van der Waals surface area (Å²) in [5, 5.41) is 0.476. The lowest BCUT2D eigenvalue weighted by Crippen LogP contribution is -2.42. The number of halogens is 1. The van der Waals surface area contributed by atoms with Gasteiger partial charge in [0.1, 0.15) is 23.7 Å². The fraction of sp³-hybridized carbons (Fsp3) is 0.222. The maximum atomic E-state index is 12.4. The SMILES string of the molecule is Cn1c(N)c(C(=O)COC(=O)C2=Cc3cc(Cl)ccc3OC2)c(=O)n(C)c1=O. The number of carbonyl (C=O) groups is 2. The van der Waals surface area contributed by atoms with E-state index in [0.717, 1.165) is 9.13 Å². The first-order valence-corrected chi connectivity index (χ1v) is 8.47. The molecular weight excluding hydrogens is 390 g/mol. The largest absolute Gasteiger partial charge is 0.488 e. The summed E-state index contributed by atoms with van der Waals surface area (Å²) in [7, 11) is 2.55. The van der Waals surface area contributed by atoms with Crippen LogP contribution in [0.3, 0.4) is 0 Å². The standard InChI is InChI=1S/C18H16ClN3O6/c1-21-15(20)14(16(24)22(2)18(21)26)12(23)8-28-17(25)10-5-9-6-11(19)3-4-13(9)27-7-10/h3-6H,7-8,20H2,1-2H3. The van der Waals surface area contributed by atoms with E-state index in [1.807, 2.05) is 0 Å². The molecule has 1 aromatic carbocycles. The molecule has 0 unspecified atom stereocenters. The molecule has 0 aliphatic carbocycles. The van der Waals surface area contributed by atoms with Gasteiger partial charge in [-0.3, -0.25) is 18.7 Å². The number of aromatic nitrogens is 2. The Morgan fingerprint density at radius 1 is 1.25 bits per heavy atom. The highest BCUT2D eigenvalue weighted by molar-refractivity contribution is 6.30. The average Bonchev–Trinajstić information content (AvgIpc) is 2.68. The van der Waals surface area contributed by atoms with Gasteiger partial charge in [-0.1, -0.05) is 11.6 Å². The van der Waals surface area contributed by atoms with Crippen molar-refractivity contribution in [1.82, 2.24) is 9.13 Å². The number of nitrogens with two attached hydrogens (primary N) is 1. The number of esters is 1. The molecular formula is C18H16ClN3O6. The van der Waals surface area contributed by atoms with Crippen molar-refractivity contribution in [2.24, 2.45) is 14.1 Å². The quantitative estimate of drug-likeness (QED) is 0.581. The smallest absolute Gasteiger partial charge is 0.337 e. The Bertz CT molecular complexity index is 1150. The lowest BCUT2D eigenvalue weighted by Gasteiger charge is -2.17. The van der Waals surface area contributed by atoms with Gasteiger partial charge in [0.25, 0.3) is 5.56 Å². The van der Waals surface area contributed by atoms with Gasteiger partial charge in [0, 0.05) is 24.7 Å². The van der Waals surface area contributed by atoms with Crippen LogP contribution < -0.4 is 21.7 Å². The number of ether oxygens (including phenoxy) is 2. The Kier molecular flexibility index (Phi) is 5.10. The molecule has 0 radical (unpaired) electrons. The molecule has 146 valence electrons. The first-order valence-electron chi connectivity index (χ1n) is 8.09. The van der Waals surface area contributed by atoms with Crippen LogP contribution >= 0.6 is 11.6 Å². The maximum absolute atomic E-state index is 12.4. The molecule has 0 amide bonds. The Labute approximate surface area is 163 Å². The van der Waals surface area contributed by atoms with Crippen LogP contribution in [0, 0.1) is 0 Å². The van der Waals surface area contributed by atoms with Crippen LogP contribution in [0.4, 0.5) is 5.82 Å². The van der Waals surface area contributed by atoms with Crippen LogP contribution in [0.5, 0.6) is 5.75 Å². The normalized spacial score (nSPS) is 12.6. The minimum absolute atomic E-state index is 0.0363. The third-order valence-corrected chi connectivity index (χ3v) is 4.51. The molecule has 1 aromatic heterocycles. The number of ketones is 1. The molecule has 9 nitrogen and oxygen atoms in total. The molecule has 0 fully saturated rings. The number of benzene rings is 1. The van der Waals surface area contributed by atoms with Crippen molar-refractivity contribution in [2.45, 2.75) is 0 Å². The van der Waals surface area contributed by atoms with Crippen molar-refractivity contribution in [3.05, 3.63) is 60.8 Å². The summed E-state index contributed by atoms with van der Waals surface area (Å²) in [6.07, 6.45) is 1.55. The molecule has 2 heterocycles. The molecule has 0 bridgehead atoms. The van der Waals surface area contributed by atoms with Crippen LogP contribution in [-0.2, 0) is 23.6 Å². The minimum Gasteiger partial charge on any atom is -0.488 e. The third-order valence-electron chi connectivity index (χ3n) is 4.27. The van der Waals surface area contributed by atoms with E-state index in [9.17, 15) is 19.2 Å². The number of anilines is 1. The predicted molar refractivity (Wildman–Crippen MR) is 102 cm³/mol. The van der Waals surface area contributed by atoms with Crippen LogP contribution in [0.2, 0.25) is 5.02 Å². The van der Waals surface area contributed by atoms with Crippen molar-refractivity contribution in [1.29, 1.82) is 0 Å². The van der Waals surface area contributed by atoms with Gasteiger partial charge in [0.2, 0.25) is 5.78 Å². The van der Waals surface area contributed by atoms with Crippen LogP contribution in [0.1, 0.15) is 15.9 Å². The number of rotatable bonds is 4. The number of hydrogen-bond donors (Lipinski definition) is 1. The first kappa shape index (κ1) is 19.4. The Balaban J connectivity index is 1.78. The number of Topliss-reactive ketones (excluding diaryl/α,β-unsaturated/α-hetero) is 1. The van der Waals surface area contributed by atoms with Gasteiger partial charge >= 0.3 is 11.7 Å². The fourth-order valence-electron chi connectivity index (χ4n) is 2.68. The Morgan fingerprint density at radius 2 is 1.96 bits per heavy atom. The summed E-state index contributed by atoms with van der Waals surface area (Å²) in [4.78, 5) is 48.6. The van der Waals surface area contributed by atoms with Gasteiger partial charge in [-0.2, -0.15) is 0 Å². The first-order chi connectivity index (χ1) is 13.2. The second kappa shape index (κ2) is 7.35. The van der Waals surface area contributed by atoms with Crippen molar-refractivity contribution >= 4 is 35.2 Å². The molecule has 0 saturated carbocycles. The van der Waals surface area contributed by atoms with Gasteiger partial charge in [0.05, 0.1) is 5.57 Å². The molecule has 2 N–H and O–H groups in total. The number of nitrogens with zero attached hydrogens (tertiary/aromatic N) is 2. The van der Waals surface area contributed by atoms with Gasteiger partial charge in [-0.25, -0.2) is 9.59 Å². The third kappa shape index (κ3) is 3.44. The van der Waals surface area contributed by atoms with Gasteiger partial charge in [0.15, 0.2) is 6.61 Å². The van der Waals surface area contributed by atoms with Crippen molar-refractivity contribution in [2.75, 3.05) is 18.9 Å². The van der Waals surface area contributed by atoms with E-state index in [0.29, 0.717) is 16.3 Å². The molecule has 28 heavy (non-hydrogen) atoms. The highest BCUT2D eigenvalue weighted by Crippen LogP contribution is 2.29. The minimum atomic E-state index is -0.856. The van der Waals surface area contributed by atoms with Crippen LogP contribution in [0.25, 0.3) is 6.08 Å². The van der Waals surface area contributed by atoms with Crippen molar-refractivity contribution in [3.63, 3.8) is 0 Å². The molecule has 1 aliphatic heterocycles. The summed E-state index contributed by atoms with van der Waals surface area (Å²) in [5.74, 6) is -1.32. The number of fused-ring (bicyclic) bond motifs is 1.